The van der Waals surface area contributed by atoms with E-state index in [1.165, 1.54) is 0 Å². The van der Waals surface area contributed by atoms with Crippen LogP contribution >= 0.6 is 48.8 Å². The fourth-order valence-electron chi connectivity index (χ4n) is 2.61. The van der Waals surface area contributed by atoms with Gasteiger partial charge < -0.3 is 11.5 Å². The highest BCUT2D eigenvalue weighted by Crippen LogP contribution is 2.30. The van der Waals surface area contributed by atoms with E-state index in [1.54, 1.807) is 0 Å². The average Bonchev–Trinajstić information content (AvgIpc) is 2.61. The fraction of sp³-hybridized carbons (Fsp3) is 0. The maximum atomic E-state index is 7.47. The molecule has 6 N–H and O–H groups in total. The molecule has 4 nitrogen and oxygen atoms in total. The van der Waals surface area contributed by atoms with Gasteiger partial charge in [-0.1, -0.05) is 60.1 Å². The molecule has 0 heterocycles. The lowest BCUT2D eigenvalue weighted by molar-refractivity contribution is 1.42. The molecular formula is C20H20Cl4N4. The third kappa shape index (κ3) is 5.88. The van der Waals surface area contributed by atoms with E-state index in [2.05, 4.69) is 6.07 Å². The molecule has 0 aliphatic heterocycles. The number of hydrogen-bond acceptors (Lipinski definition) is 2. The van der Waals surface area contributed by atoms with Crippen molar-refractivity contribution in [3.63, 3.8) is 0 Å². The van der Waals surface area contributed by atoms with Gasteiger partial charge in [-0.2, -0.15) is 0 Å². The lowest BCUT2D eigenvalue weighted by Crippen LogP contribution is -2.10. The van der Waals surface area contributed by atoms with Crippen molar-refractivity contribution in [2.75, 3.05) is 0 Å². The van der Waals surface area contributed by atoms with Gasteiger partial charge in [0.05, 0.1) is 0 Å². The van der Waals surface area contributed by atoms with Crippen molar-refractivity contribution in [1.29, 1.82) is 10.8 Å². The van der Waals surface area contributed by atoms with Gasteiger partial charge >= 0.3 is 0 Å². The number of hydrogen-bond donors (Lipinski definition) is 4. The Bertz CT molecular complexity index is 879. The van der Waals surface area contributed by atoms with Gasteiger partial charge in [0.15, 0.2) is 0 Å². The van der Waals surface area contributed by atoms with Gasteiger partial charge in [-0.3, -0.25) is 10.8 Å². The quantitative estimate of drug-likeness (QED) is 0.306. The van der Waals surface area contributed by atoms with E-state index in [-0.39, 0.29) is 48.9 Å². The van der Waals surface area contributed by atoms with E-state index in [4.69, 9.17) is 33.9 Å². The summed E-state index contributed by atoms with van der Waals surface area (Å²) in [6.45, 7) is 0. The van der Waals surface area contributed by atoms with E-state index < -0.39 is 0 Å². The fourth-order valence-corrected chi connectivity index (χ4v) is 2.84. The first kappa shape index (κ1) is 25.8. The SMILES string of the molecule is Cl.Cl.Cl.N=C(N)c1ccc(-c2cc(Cl)cc(-c3ccc(C(=N)N)cc3)c2)cc1. The van der Waals surface area contributed by atoms with Gasteiger partial charge in [0.25, 0.3) is 0 Å². The first-order valence-corrected chi connectivity index (χ1v) is 8.02. The van der Waals surface area contributed by atoms with Crippen molar-refractivity contribution in [3.8, 4) is 22.3 Å². The molecule has 3 aromatic carbocycles. The Balaban J connectivity index is 0.00000243. The van der Waals surface area contributed by atoms with Gasteiger partial charge in [-0.15, -0.1) is 37.2 Å². The number of nitrogens with two attached hydrogens (primary N) is 2. The molecule has 0 radical (unpaired) electrons. The molecular weight excluding hydrogens is 438 g/mol. The summed E-state index contributed by atoms with van der Waals surface area (Å²) in [5.41, 5.74) is 16.3. The summed E-state index contributed by atoms with van der Waals surface area (Å²) >= 11 is 6.31. The Morgan fingerprint density at radius 2 is 0.893 bits per heavy atom. The number of nitrogens with one attached hydrogen (secondary N) is 2. The summed E-state index contributed by atoms with van der Waals surface area (Å²) < 4.78 is 0. The summed E-state index contributed by atoms with van der Waals surface area (Å²) in [4.78, 5) is 0. The molecule has 0 aliphatic carbocycles. The van der Waals surface area contributed by atoms with Crippen LogP contribution in [-0.4, -0.2) is 11.7 Å². The Kier molecular flexibility index (Phi) is 10.1. The molecule has 148 valence electrons. The summed E-state index contributed by atoms with van der Waals surface area (Å²) in [5, 5.41) is 15.6. The Labute approximate surface area is 187 Å². The molecule has 0 saturated carbocycles. The molecule has 0 fully saturated rings. The van der Waals surface area contributed by atoms with Gasteiger partial charge in [0.2, 0.25) is 0 Å². The molecule has 0 spiro atoms. The van der Waals surface area contributed by atoms with Crippen LogP contribution in [0, 0.1) is 10.8 Å². The van der Waals surface area contributed by atoms with Crippen LogP contribution in [0.1, 0.15) is 11.1 Å². The van der Waals surface area contributed by atoms with Crippen LogP contribution in [0.2, 0.25) is 5.02 Å². The second kappa shape index (κ2) is 10.9. The highest BCUT2D eigenvalue weighted by molar-refractivity contribution is 6.31. The zero-order valence-electron chi connectivity index (χ0n) is 14.6. The summed E-state index contributed by atoms with van der Waals surface area (Å²) in [5.74, 6) is 0.0905. The van der Waals surface area contributed by atoms with Gasteiger partial charge in [0, 0.05) is 16.1 Å². The first-order valence-electron chi connectivity index (χ1n) is 7.64. The number of nitrogen functional groups attached to an aromatic ring is 2. The summed E-state index contributed by atoms with van der Waals surface area (Å²) in [7, 11) is 0. The Hall–Kier alpha value is -2.24. The van der Waals surface area contributed by atoms with Crippen molar-refractivity contribution in [2.45, 2.75) is 0 Å². The normalized spacial score (nSPS) is 9.32. The minimum Gasteiger partial charge on any atom is -0.384 e. The highest BCUT2D eigenvalue weighted by Gasteiger charge is 2.06. The van der Waals surface area contributed by atoms with Crippen LogP contribution in [0.4, 0.5) is 0 Å². The molecule has 3 rings (SSSR count). The molecule has 0 bridgehead atoms. The van der Waals surface area contributed by atoms with E-state index in [0.717, 1.165) is 22.3 Å². The predicted octanol–water partition coefficient (Wildman–Crippen LogP) is 5.51. The molecule has 0 amide bonds. The molecule has 8 heteroatoms. The third-order valence-corrected chi connectivity index (χ3v) is 4.17. The van der Waals surface area contributed by atoms with E-state index in [9.17, 15) is 0 Å². The lowest BCUT2D eigenvalue weighted by atomic mass is 9.97. The van der Waals surface area contributed by atoms with Crippen LogP contribution in [0.3, 0.4) is 0 Å². The second-order valence-electron chi connectivity index (χ2n) is 5.71. The number of amidine groups is 2. The zero-order chi connectivity index (χ0) is 18.0. The molecule has 0 aliphatic rings. The van der Waals surface area contributed by atoms with Crippen LogP contribution in [0.5, 0.6) is 0 Å². The van der Waals surface area contributed by atoms with Crippen molar-refractivity contribution >= 4 is 60.5 Å². The smallest absolute Gasteiger partial charge is 0.122 e. The molecule has 0 atom stereocenters. The highest BCUT2D eigenvalue weighted by atomic mass is 35.5. The number of rotatable bonds is 4. The van der Waals surface area contributed by atoms with Gasteiger partial charge in [0.1, 0.15) is 11.7 Å². The van der Waals surface area contributed by atoms with Crippen LogP contribution in [-0.2, 0) is 0 Å². The first-order chi connectivity index (χ1) is 11.9. The summed E-state index contributed by atoms with van der Waals surface area (Å²) in [6, 6.07) is 20.8. The van der Waals surface area contributed by atoms with Crippen molar-refractivity contribution in [2.24, 2.45) is 11.5 Å². The molecule has 0 aromatic heterocycles. The van der Waals surface area contributed by atoms with E-state index >= 15 is 0 Å². The standard InChI is InChI=1S/C20H17ClN4.3ClH/c21-18-10-16(12-1-5-14(6-2-12)19(22)23)9-17(11-18)13-3-7-15(8-4-13)20(24)25;;;/h1-11H,(H3,22,23)(H3,24,25);3*1H. The minimum atomic E-state index is 0. The average molecular weight is 458 g/mol. The van der Waals surface area contributed by atoms with Crippen LogP contribution < -0.4 is 11.5 Å². The van der Waals surface area contributed by atoms with Crippen molar-refractivity contribution in [3.05, 3.63) is 82.9 Å². The minimum absolute atomic E-state index is 0. The maximum absolute atomic E-state index is 7.47. The van der Waals surface area contributed by atoms with Gasteiger partial charge in [-0.25, -0.2) is 0 Å². The zero-order valence-corrected chi connectivity index (χ0v) is 17.8. The molecule has 3 aromatic rings. The Morgan fingerprint density at radius 1 is 0.571 bits per heavy atom. The summed E-state index contributed by atoms with van der Waals surface area (Å²) in [6.07, 6.45) is 0. The lowest BCUT2D eigenvalue weighted by Gasteiger charge is -2.09. The Morgan fingerprint density at radius 3 is 1.18 bits per heavy atom. The van der Waals surface area contributed by atoms with E-state index in [1.807, 2.05) is 60.7 Å². The van der Waals surface area contributed by atoms with Gasteiger partial charge in [-0.05, 0) is 40.5 Å². The van der Waals surface area contributed by atoms with Crippen LogP contribution in [0.15, 0.2) is 66.7 Å². The molecule has 28 heavy (non-hydrogen) atoms. The topological polar surface area (TPSA) is 99.7 Å². The molecule has 0 saturated heterocycles. The molecule has 0 unspecified atom stereocenters. The largest absolute Gasteiger partial charge is 0.384 e. The maximum Gasteiger partial charge on any atom is 0.122 e. The van der Waals surface area contributed by atoms with Crippen molar-refractivity contribution in [1.82, 2.24) is 0 Å². The number of benzene rings is 3. The predicted molar refractivity (Wildman–Crippen MR) is 126 cm³/mol. The second-order valence-corrected chi connectivity index (χ2v) is 6.15. The monoisotopic (exact) mass is 456 g/mol. The third-order valence-electron chi connectivity index (χ3n) is 3.96. The number of halogens is 4. The van der Waals surface area contributed by atoms with E-state index in [0.29, 0.717) is 16.1 Å². The van der Waals surface area contributed by atoms with Crippen LogP contribution in [0.25, 0.3) is 22.3 Å². The van der Waals surface area contributed by atoms with Crippen molar-refractivity contribution < 1.29 is 0 Å².